The number of alkyl halides is 2. The van der Waals surface area contributed by atoms with E-state index in [1.165, 1.54) is 18.2 Å². The van der Waals surface area contributed by atoms with Crippen molar-refractivity contribution in [3.63, 3.8) is 0 Å². The number of fused-ring (bicyclic) bond motifs is 5. The highest BCUT2D eigenvalue weighted by molar-refractivity contribution is 6.05. The van der Waals surface area contributed by atoms with Crippen LogP contribution in [0.2, 0.25) is 0 Å². The van der Waals surface area contributed by atoms with E-state index in [1.54, 1.807) is 11.0 Å². The fourth-order valence-electron chi connectivity index (χ4n) is 8.29. The number of hydrogen-bond acceptors (Lipinski definition) is 7. The molecule has 4 aromatic rings. The second-order valence-electron chi connectivity index (χ2n) is 13.3. The first kappa shape index (κ1) is 31.7. The maximum atomic E-state index is 17.1. The number of terminal acetylenes is 1. The number of anilines is 1. The molecule has 254 valence electrons. The Morgan fingerprint density at radius 2 is 1.86 bits per heavy atom. The Hall–Kier alpha value is -4.54. The Kier molecular flexibility index (Phi) is 7.83. The van der Waals surface area contributed by atoms with Gasteiger partial charge in [0.2, 0.25) is 0 Å². The summed E-state index contributed by atoms with van der Waals surface area (Å²) in [6, 6.07) is 6.82. The lowest BCUT2D eigenvalue weighted by Gasteiger charge is -2.35. The summed E-state index contributed by atoms with van der Waals surface area (Å²) in [6.45, 7) is -1.44. The van der Waals surface area contributed by atoms with Crippen LogP contribution in [0.4, 0.5) is 32.2 Å². The smallest absolute Gasteiger partial charge is 0.387 e. The zero-order valence-corrected chi connectivity index (χ0v) is 26.2. The number of nitrogens with one attached hydrogen (secondary N) is 1. The Morgan fingerprint density at radius 1 is 1.06 bits per heavy atom. The molecule has 3 unspecified atom stereocenters. The van der Waals surface area contributed by atoms with Crippen molar-refractivity contribution < 1.29 is 35.8 Å². The van der Waals surface area contributed by atoms with Crippen molar-refractivity contribution >= 4 is 27.5 Å². The van der Waals surface area contributed by atoms with E-state index < -0.39 is 46.4 Å². The first-order chi connectivity index (χ1) is 23.7. The van der Waals surface area contributed by atoms with Crippen LogP contribution >= 0.6 is 0 Å². The maximum Gasteiger partial charge on any atom is 0.387 e. The first-order valence-electron chi connectivity index (χ1n) is 16.2. The molecular formula is C36H31F6N5O2. The second kappa shape index (κ2) is 12.1. The summed E-state index contributed by atoms with van der Waals surface area (Å²) in [5, 5.41) is 3.50. The Bertz CT molecular complexity index is 2060. The van der Waals surface area contributed by atoms with E-state index in [-0.39, 0.29) is 52.4 Å². The molecule has 5 heterocycles. The molecule has 49 heavy (non-hydrogen) atoms. The van der Waals surface area contributed by atoms with Gasteiger partial charge in [-0.1, -0.05) is 30.2 Å². The minimum Gasteiger partial charge on any atom is -0.461 e. The van der Waals surface area contributed by atoms with Crippen LogP contribution in [0.5, 0.6) is 11.8 Å². The average Bonchev–Trinajstić information content (AvgIpc) is 3.76. The third-order valence-electron chi connectivity index (χ3n) is 10.4. The Balaban J connectivity index is 1.35. The molecule has 4 aliphatic heterocycles. The highest BCUT2D eigenvalue weighted by atomic mass is 19.3. The highest BCUT2D eigenvalue weighted by Crippen LogP contribution is 2.47. The average molecular weight is 680 g/mol. The number of piperazine rings is 1. The number of benzene rings is 3. The number of halogens is 6. The summed E-state index contributed by atoms with van der Waals surface area (Å²) in [4.78, 5) is 12.9. The molecule has 0 radical (unpaired) electrons. The van der Waals surface area contributed by atoms with Crippen LogP contribution in [0.1, 0.15) is 37.7 Å². The van der Waals surface area contributed by atoms with Crippen LogP contribution in [-0.2, 0) is 0 Å². The molecule has 4 fully saturated rings. The van der Waals surface area contributed by atoms with Crippen LogP contribution in [0.3, 0.4) is 0 Å². The van der Waals surface area contributed by atoms with Gasteiger partial charge in [0.1, 0.15) is 23.8 Å². The monoisotopic (exact) mass is 679 g/mol. The fourth-order valence-corrected chi connectivity index (χ4v) is 8.29. The van der Waals surface area contributed by atoms with Crippen molar-refractivity contribution in [3.8, 4) is 35.2 Å². The first-order valence-corrected chi connectivity index (χ1v) is 16.2. The normalized spacial score (nSPS) is 24.4. The molecule has 3 aromatic carbocycles. The predicted octanol–water partition coefficient (Wildman–Crippen LogP) is 6.86. The molecular weight excluding hydrogens is 648 g/mol. The number of ether oxygens (including phenoxy) is 2. The summed E-state index contributed by atoms with van der Waals surface area (Å²) >= 11 is 0. The molecule has 0 spiro atoms. The lowest BCUT2D eigenvalue weighted by Crippen LogP contribution is -2.51. The van der Waals surface area contributed by atoms with E-state index in [4.69, 9.17) is 15.9 Å². The molecule has 0 aliphatic carbocycles. The summed E-state index contributed by atoms with van der Waals surface area (Å²) in [6.07, 6.45) is 10.0. The van der Waals surface area contributed by atoms with Crippen molar-refractivity contribution in [2.24, 2.45) is 0 Å². The minimum atomic E-state index is -3.49. The standard InChI is InChI=1S/C36H31F6N5O2/c1-2-23-25(38)10-7-20-5-3-6-24(26(20)23)27-29(39)31-28(32(30(27)40)49-34(41)42)33(46-16-21-8-9-22(17-46)43-21)45-35(44-31)48-18-36-11-4-12-47(36)15-19(13-36)14-37/h1,3,5-7,10,14,21-22,34,43H,4,8-9,11-13,15-18H2/b19-14-. The van der Waals surface area contributed by atoms with E-state index in [0.717, 1.165) is 38.3 Å². The van der Waals surface area contributed by atoms with Gasteiger partial charge in [0.05, 0.1) is 28.4 Å². The van der Waals surface area contributed by atoms with Gasteiger partial charge < -0.3 is 19.7 Å². The van der Waals surface area contributed by atoms with Crippen molar-refractivity contribution in [1.82, 2.24) is 20.2 Å². The van der Waals surface area contributed by atoms with E-state index in [0.29, 0.717) is 43.3 Å². The van der Waals surface area contributed by atoms with Crippen LogP contribution in [0, 0.1) is 29.8 Å². The third kappa shape index (κ3) is 5.23. The fraction of sp³-hybridized carbons (Fsp3) is 0.389. The summed E-state index contributed by atoms with van der Waals surface area (Å²) in [5.74, 6) is -2.13. The van der Waals surface area contributed by atoms with Gasteiger partial charge >= 0.3 is 12.6 Å². The van der Waals surface area contributed by atoms with E-state index in [2.05, 4.69) is 26.1 Å². The number of rotatable bonds is 7. The number of aromatic nitrogens is 2. The van der Waals surface area contributed by atoms with E-state index >= 15 is 8.78 Å². The molecule has 1 aromatic heterocycles. The quantitative estimate of drug-likeness (QED) is 0.169. The molecule has 1 N–H and O–H groups in total. The summed E-state index contributed by atoms with van der Waals surface area (Å²) in [7, 11) is 0. The van der Waals surface area contributed by atoms with Crippen molar-refractivity contribution in [2.45, 2.75) is 56.3 Å². The van der Waals surface area contributed by atoms with Crippen molar-refractivity contribution in [3.05, 3.63) is 65.2 Å². The lowest BCUT2D eigenvalue weighted by molar-refractivity contribution is -0.0510. The Morgan fingerprint density at radius 3 is 2.59 bits per heavy atom. The highest BCUT2D eigenvalue weighted by Gasteiger charge is 2.47. The SMILES string of the molecule is C#Cc1c(F)ccc2cccc(-c3c(F)c(OC(F)F)c4c(N5CC6CCC(C5)N6)nc(OCC56CCCN5C/C(=C\F)C6)nc4c3F)c12. The molecule has 3 atom stereocenters. The van der Waals surface area contributed by atoms with E-state index in [9.17, 15) is 17.6 Å². The van der Waals surface area contributed by atoms with Gasteiger partial charge in [0, 0.05) is 37.1 Å². The van der Waals surface area contributed by atoms with Gasteiger partial charge in [0.25, 0.3) is 0 Å². The predicted molar refractivity (Wildman–Crippen MR) is 172 cm³/mol. The molecule has 0 saturated carbocycles. The van der Waals surface area contributed by atoms with Crippen LogP contribution < -0.4 is 19.7 Å². The maximum absolute atomic E-state index is 17.1. The topological polar surface area (TPSA) is 62.8 Å². The molecule has 2 bridgehead atoms. The Labute approximate surface area is 277 Å². The second-order valence-corrected chi connectivity index (χ2v) is 13.3. The zero-order chi connectivity index (χ0) is 34.0. The van der Waals surface area contributed by atoms with Gasteiger partial charge in [-0.2, -0.15) is 18.7 Å². The zero-order valence-electron chi connectivity index (χ0n) is 26.2. The van der Waals surface area contributed by atoms with E-state index in [1.807, 2.05) is 0 Å². The van der Waals surface area contributed by atoms with Gasteiger partial charge in [-0.3, -0.25) is 4.90 Å². The van der Waals surface area contributed by atoms with Gasteiger partial charge in [-0.15, -0.1) is 6.42 Å². The number of nitrogens with zero attached hydrogens (tertiary/aromatic N) is 4. The van der Waals surface area contributed by atoms with Gasteiger partial charge in [-0.25, -0.2) is 17.6 Å². The summed E-state index contributed by atoms with van der Waals surface area (Å²) < 4.78 is 101. The van der Waals surface area contributed by atoms with Gasteiger partial charge in [-0.05, 0) is 61.2 Å². The van der Waals surface area contributed by atoms with Crippen molar-refractivity contribution in [2.75, 3.05) is 37.7 Å². The lowest BCUT2D eigenvalue weighted by atomic mass is 9.92. The molecule has 4 aliphatic rings. The molecule has 7 nitrogen and oxygen atoms in total. The molecule has 0 amide bonds. The van der Waals surface area contributed by atoms with Crippen LogP contribution in [-0.4, -0.2) is 71.9 Å². The van der Waals surface area contributed by atoms with Gasteiger partial charge in [0.15, 0.2) is 17.4 Å². The van der Waals surface area contributed by atoms with Crippen molar-refractivity contribution in [1.29, 1.82) is 0 Å². The van der Waals surface area contributed by atoms with Crippen LogP contribution in [0.15, 0.2) is 42.2 Å². The summed E-state index contributed by atoms with van der Waals surface area (Å²) in [5.41, 5.74) is -1.56. The molecule has 4 saturated heterocycles. The largest absolute Gasteiger partial charge is 0.461 e. The van der Waals surface area contributed by atoms with Crippen LogP contribution in [0.25, 0.3) is 32.8 Å². The molecule has 13 heteroatoms. The molecule has 8 rings (SSSR count). The number of hydrogen-bond donors (Lipinski definition) is 1. The third-order valence-corrected chi connectivity index (χ3v) is 10.4. The minimum absolute atomic E-state index is 0.0109.